The molecule has 2 aliphatic carbocycles. The summed E-state index contributed by atoms with van der Waals surface area (Å²) in [6.07, 6.45) is 0. The molecule has 48 valence electrons. The van der Waals surface area contributed by atoms with Crippen LogP contribution in [-0.2, 0) is 0 Å². The first-order chi connectivity index (χ1) is 5.38. The van der Waals surface area contributed by atoms with Gasteiger partial charge in [0, 0.05) is 0 Å². The van der Waals surface area contributed by atoms with Crippen molar-refractivity contribution in [3.05, 3.63) is 48.5 Å². The summed E-state index contributed by atoms with van der Waals surface area (Å²) in [6, 6.07) is 14.2. The highest BCUT2D eigenvalue weighted by molar-refractivity contribution is 5.65. The molecule has 0 saturated heterocycles. The highest BCUT2D eigenvalue weighted by Gasteiger charge is 1.94. The first kappa shape index (κ1) is 4.51. The van der Waals surface area contributed by atoms with Crippen molar-refractivity contribution < 1.29 is 1.37 Å². The SMILES string of the molecule is [2H]c1ccccc2cccc1-2. The highest BCUT2D eigenvalue weighted by atomic mass is 14.0. The zero-order valence-electron chi connectivity index (χ0n) is 6.54. The lowest BCUT2D eigenvalue weighted by Gasteiger charge is -1.85. The van der Waals surface area contributed by atoms with Crippen molar-refractivity contribution in [3.63, 3.8) is 0 Å². The van der Waals surface area contributed by atoms with Gasteiger partial charge in [0.2, 0.25) is 0 Å². The fourth-order valence-corrected chi connectivity index (χ4v) is 1.06. The smallest absolute Gasteiger partial charge is 0.0622 e. The topological polar surface area (TPSA) is 0 Å². The average molecular weight is 129 g/mol. The Morgan fingerprint density at radius 3 is 2.60 bits per heavy atom. The Bertz CT molecular complexity index is 341. The van der Waals surface area contributed by atoms with Crippen LogP contribution in [0.25, 0.3) is 11.1 Å². The van der Waals surface area contributed by atoms with Crippen molar-refractivity contribution in [2.75, 3.05) is 0 Å². The molecule has 0 aliphatic heterocycles. The summed E-state index contributed by atoms with van der Waals surface area (Å²) in [4.78, 5) is 0. The zero-order valence-corrected chi connectivity index (χ0v) is 5.54. The summed E-state index contributed by atoms with van der Waals surface area (Å²) in [6.45, 7) is 0. The van der Waals surface area contributed by atoms with E-state index in [4.69, 9.17) is 1.37 Å². The number of fused-ring (bicyclic) bond motifs is 1. The van der Waals surface area contributed by atoms with Gasteiger partial charge in [-0.2, -0.15) is 0 Å². The molecule has 2 aliphatic rings. The molecular formula is C10H8. The molecule has 0 N–H and O–H groups in total. The quantitative estimate of drug-likeness (QED) is 0.513. The average Bonchev–Trinajstić information content (AvgIpc) is 2.40. The minimum absolute atomic E-state index is 0.593. The van der Waals surface area contributed by atoms with Crippen LogP contribution in [0.5, 0.6) is 0 Å². The number of rotatable bonds is 0. The number of hydrogen-bond acceptors (Lipinski definition) is 0. The predicted octanol–water partition coefficient (Wildman–Crippen LogP) is 2.79. The van der Waals surface area contributed by atoms with Crippen LogP contribution in [0.4, 0.5) is 0 Å². The van der Waals surface area contributed by atoms with E-state index in [9.17, 15) is 0 Å². The molecule has 0 aromatic rings. The van der Waals surface area contributed by atoms with Crippen LogP contribution in [0, 0.1) is 0 Å². The molecule has 0 fully saturated rings. The van der Waals surface area contributed by atoms with Gasteiger partial charge in [-0.25, -0.2) is 0 Å². The van der Waals surface area contributed by atoms with Crippen LogP contribution >= 0.6 is 0 Å². The molecule has 2 rings (SSSR count). The maximum Gasteiger partial charge on any atom is 0.0629 e. The van der Waals surface area contributed by atoms with Crippen molar-refractivity contribution in [3.8, 4) is 11.1 Å². The van der Waals surface area contributed by atoms with E-state index in [0.29, 0.717) is 6.04 Å². The van der Waals surface area contributed by atoms with Gasteiger partial charge in [0.05, 0.1) is 1.37 Å². The fourth-order valence-electron chi connectivity index (χ4n) is 1.06. The second-order valence-corrected chi connectivity index (χ2v) is 2.26. The van der Waals surface area contributed by atoms with Gasteiger partial charge in [0.15, 0.2) is 0 Å². The van der Waals surface area contributed by atoms with E-state index in [2.05, 4.69) is 0 Å². The monoisotopic (exact) mass is 129 g/mol. The van der Waals surface area contributed by atoms with Gasteiger partial charge in [0.25, 0.3) is 0 Å². The normalized spacial score (nSPS) is 11.4. The molecule has 0 spiro atoms. The van der Waals surface area contributed by atoms with Gasteiger partial charge in [-0.15, -0.1) is 0 Å². The van der Waals surface area contributed by atoms with Crippen LogP contribution in [0.3, 0.4) is 0 Å². The van der Waals surface area contributed by atoms with E-state index in [0.717, 1.165) is 11.1 Å². The van der Waals surface area contributed by atoms with Gasteiger partial charge in [0.1, 0.15) is 0 Å². The van der Waals surface area contributed by atoms with Crippen LogP contribution < -0.4 is 0 Å². The first-order valence-corrected chi connectivity index (χ1v) is 3.32. The fraction of sp³-hybridized carbons (Fsp3) is 0. The molecule has 0 bridgehead atoms. The van der Waals surface area contributed by atoms with Gasteiger partial charge in [-0.3, -0.25) is 0 Å². The molecule has 0 heteroatoms. The van der Waals surface area contributed by atoms with Gasteiger partial charge in [-0.1, -0.05) is 48.5 Å². The third-order valence-corrected chi connectivity index (χ3v) is 1.57. The molecule has 0 aromatic carbocycles. The predicted molar refractivity (Wildman–Crippen MR) is 43.1 cm³/mol. The van der Waals surface area contributed by atoms with Gasteiger partial charge >= 0.3 is 0 Å². The molecule has 0 saturated carbocycles. The molecular weight excluding hydrogens is 120 g/mol. The second kappa shape index (κ2) is 2.14. The lowest BCUT2D eigenvalue weighted by Crippen LogP contribution is -1.59. The molecule has 10 heavy (non-hydrogen) atoms. The molecule has 0 amide bonds. The minimum atomic E-state index is 0.593. The van der Waals surface area contributed by atoms with E-state index in [1.165, 1.54) is 0 Å². The summed E-state index contributed by atoms with van der Waals surface area (Å²) in [5.41, 5.74) is 2.16. The molecule has 0 aromatic heterocycles. The highest BCUT2D eigenvalue weighted by Crippen LogP contribution is 2.19. The Kier molecular flexibility index (Phi) is 0.966. The molecule has 0 nitrogen and oxygen atoms in total. The van der Waals surface area contributed by atoms with Crippen LogP contribution in [-0.4, -0.2) is 0 Å². The van der Waals surface area contributed by atoms with E-state index in [-0.39, 0.29) is 0 Å². The Morgan fingerprint density at radius 1 is 0.800 bits per heavy atom. The third kappa shape index (κ3) is 0.781. The van der Waals surface area contributed by atoms with E-state index < -0.39 is 0 Å². The van der Waals surface area contributed by atoms with Gasteiger partial charge in [-0.05, 0) is 11.1 Å². The van der Waals surface area contributed by atoms with Crippen molar-refractivity contribution in [2.45, 2.75) is 0 Å². The first-order valence-electron chi connectivity index (χ1n) is 3.82. The van der Waals surface area contributed by atoms with Crippen LogP contribution in [0.1, 0.15) is 1.37 Å². The van der Waals surface area contributed by atoms with E-state index in [1.54, 1.807) is 0 Å². The maximum absolute atomic E-state index is 7.60. The van der Waals surface area contributed by atoms with Crippen LogP contribution in [0.15, 0.2) is 48.5 Å². The van der Waals surface area contributed by atoms with Crippen LogP contribution in [0.2, 0.25) is 0 Å². The lowest BCUT2D eigenvalue weighted by atomic mass is 10.2. The number of hydrogen-bond donors (Lipinski definition) is 0. The van der Waals surface area contributed by atoms with Gasteiger partial charge < -0.3 is 0 Å². The lowest BCUT2D eigenvalue weighted by molar-refractivity contribution is 1.84. The molecule has 0 unspecified atom stereocenters. The summed E-state index contributed by atoms with van der Waals surface area (Å²) in [5, 5.41) is 0. The molecule has 0 atom stereocenters. The van der Waals surface area contributed by atoms with E-state index in [1.807, 2.05) is 42.5 Å². The summed E-state index contributed by atoms with van der Waals surface area (Å²) in [5.74, 6) is 0. The Balaban J connectivity index is 2.78. The largest absolute Gasteiger partial charge is 0.0629 e. The summed E-state index contributed by atoms with van der Waals surface area (Å²) in [7, 11) is 0. The Hall–Kier alpha value is -1.30. The Morgan fingerprint density at radius 2 is 1.60 bits per heavy atom. The maximum atomic E-state index is 7.60. The second-order valence-electron chi connectivity index (χ2n) is 2.26. The van der Waals surface area contributed by atoms with E-state index >= 15 is 0 Å². The zero-order chi connectivity index (χ0) is 7.68. The van der Waals surface area contributed by atoms with Crippen molar-refractivity contribution in [1.82, 2.24) is 0 Å². The van der Waals surface area contributed by atoms with Crippen molar-refractivity contribution >= 4 is 0 Å². The summed E-state index contributed by atoms with van der Waals surface area (Å²) >= 11 is 0. The standard InChI is InChI=1S/C10H8/c1-2-5-9-7-4-8-10(9)6-3-1/h1-8H/i5D. The van der Waals surface area contributed by atoms with Crippen molar-refractivity contribution in [2.24, 2.45) is 0 Å². The Labute approximate surface area is 61.9 Å². The third-order valence-electron chi connectivity index (χ3n) is 1.57. The van der Waals surface area contributed by atoms with Crippen molar-refractivity contribution in [1.29, 1.82) is 0 Å². The minimum Gasteiger partial charge on any atom is -0.0622 e. The summed E-state index contributed by atoms with van der Waals surface area (Å²) < 4.78 is 7.60. The molecule has 0 heterocycles. The molecule has 0 radical (unpaired) electrons.